The maximum atomic E-state index is 12.6. The first-order chi connectivity index (χ1) is 28.2. The summed E-state index contributed by atoms with van der Waals surface area (Å²) in [5.41, 5.74) is 5.34. The smallest absolute Gasteiger partial charge is 0.462 e. The number of aliphatic hydroxyl groups excluding tert-OH is 1. The summed E-state index contributed by atoms with van der Waals surface area (Å²) in [6.07, 6.45) is 49.5. The van der Waals surface area contributed by atoms with E-state index < -0.39 is 38.6 Å². The second kappa shape index (κ2) is 42.3. The molecule has 58 heavy (non-hydrogen) atoms. The monoisotopic (exact) mass is 834 g/mol. The van der Waals surface area contributed by atoms with Crippen molar-refractivity contribution in [2.75, 3.05) is 26.4 Å². The van der Waals surface area contributed by atoms with Crippen molar-refractivity contribution >= 4 is 19.8 Å². The first-order valence-corrected chi connectivity index (χ1v) is 23.7. The zero-order valence-corrected chi connectivity index (χ0v) is 37.0. The summed E-state index contributed by atoms with van der Waals surface area (Å²) in [4.78, 5) is 34.9. The summed E-state index contributed by atoms with van der Waals surface area (Å²) in [6.45, 7) is 3.40. The van der Waals surface area contributed by atoms with Crippen molar-refractivity contribution in [3.8, 4) is 0 Å². The number of phosphoric ester groups is 1. The lowest BCUT2D eigenvalue weighted by atomic mass is 10.1. The summed E-state index contributed by atoms with van der Waals surface area (Å²) >= 11 is 0. The van der Waals surface area contributed by atoms with Crippen molar-refractivity contribution in [1.82, 2.24) is 0 Å². The number of rotatable bonds is 40. The van der Waals surface area contributed by atoms with Gasteiger partial charge in [0.2, 0.25) is 0 Å². The number of phosphoric acid groups is 1. The Morgan fingerprint density at radius 2 is 1.19 bits per heavy atom. The molecule has 3 atom stereocenters. The number of ether oxygens (including phenoxy) is 2. The molecule has 0 aromatic carbocycles. The summed E-state index contributed by atoms with van der Waals surface area (Å²) in [7, 11) is -4.41. The van der Waals surface area contributed by atoms with E-state index in [1.165, 1.54) is 64.2 Å². The summed E-state index contributed by atoms with van der Waals surface area (Å²) < 4.78 is 32.7. The molecule has 0 rings (SSSR count). The molecule has 2 unspecified atom stereocenters. The summed E-state index contributed by atoms with van der Waals surface area (Å²) in [5.74, 6) is -0.959. The largest absolute Gasteiger partial charge is 0.472 e. The molecule has 4 N–H and O–H groups in total. The van der Waals surface area contributed by atoms with E-state index in [1.807, 2.05) is 42.5 Å². The topological polar surface area (TPSA) is 155 Å². The number of hydrogen-bond acceptors (Lipinski definition) is 9. The lowest BCUT2D eigenvalue weighted by Gasteiger charge is -2.19. The molecule has 0 aliphatic carbocycles. The molecule has 0 fully saturated rings. The van der Waals surface area contributed by atoms with Gasteiger partial charge in [0.05, 0.1) is 19.3 Å². The molecule has 0 saturated carbocycles. The Morgan fingerprint density at radius 3 is 1.81 bits per heavy atom. The molecule has 0 aliphatic rings. The van der Waals surface area contributed by atoms with E-state index >= 15 is 0 Å². The van der Waals surface area contributed by atoms with Crippen molar-refractivity contribution in [1.29, 1.82) is 0 Å². The van der Waals surface area contributed by atoms with Crippen molar-refractivity contribution in [3.63, 3.8) is 0 Å². The van der Waals surface area contributed by atoms with Crippen LogP contribution in [-0.2, 0) is 32.7 Å². The Bertz CT molecular complexity index is 1240. The van der Waals surface area contributed by atoms with E-state index in [2.05, 4.69) is 50.3 Å². The minimum absolute atomic E-state index is 0.0330. The van der Waals surface area contributed by atoms with Crippen LogP contribution in [0.3, 0.4) is 0 Å². The minimum atomic E-state index is -4.41. The van der Waals surface area contributed by atoms with Gasteiger partial charge in [-0.2, -0.15) is 0 Å². The highest BCUT2D eigenvalue weighted by Crippen LogP contribution is 2.43. The average Bonchev–Trinajstić information content (AvgIpc) is 3.20. The average molecular weight is 834 g/mol. The number of hydrogen-bond donors (Lipinski definition) is 3. The molecule has 0 bridgehead atoms. The number of esters is 2. The molecule has 332 valence electrons. The first kappa shape index (κ1) is 55.2. The maximum absolute atomic E-state index is 12.6. The van der Waals surface area contributed by atoms with Gasteiger partial charge >= 0.3 is 19.8 Å². The number of aliphatic hydroxyl groups is 1. The molecule has 11 heteroatoms. The summed E-state index contributed by atoms with van der Waals surface area (Å²) in [6, 6.07) is 0. The van der Waals surface area contributed by atoms with Crippen LogP contribution in [-0.4, -0.2) is 60.5 Å². The molecule has 0 aromatic heterocycles. The Kier molecular flexibility index (Phi) is 40.2. The van der Waals surface area contributed by atoms with E-state index in [0.29, 0.717) is 19.3 Å². The molecular weight excluding hydrogens is 753 g/mol. The summed E-state index contributed by atoms with van der Waals surface area (Å²) in [5, 5.41) is 9.83. The molecule has 0 saturated heterocycles. The van der Waals surface area contributed by atoms with E-state index in [-0.39, 0.29) is 32.6 Å². The van der Waals surface area contributed by atoms with Gasteiger partial charge in [-0.15, -0.1) is 0 Å². The molecule has 0 heterocycles. The van der Waals surface area contributed by atoms with Crippen LogP contribution >= 0.6 is 7.82 Å². The van der Waals surface area contributed by atoms with Crippen LogP contribution in [0.4, 0.5) is 0 Å². The highest BCUT2D eigenvalue weighted by Gasteiger charge is 2.25. The van der Waals surface area contributed by atoms with Gasteiger partial charge in [-0.1, -0.05) is 163 Å². The van der Waals surface area contributed by atoms with Crippen LogP contribution in [0.1, 0.15) is 162 Å². The molecule has 0 aromatic rings. The fourth-order valence-electron chi connectivity index (χ4n) is 5.56. The van der Waals surface area contributed by atoms with Gasteiger partial charge in [-0.25, -0.2) is 4.57 Å². The van der Waals surface area contributed by atoms with E-state index in [0.717, 1.165) is 51.4 Å². The highest BCUT2D eigenvalue weighted by atomic mass is 31.2. The van der Waals surface area contributed by atoms with Crippen molar-refractivity contribution < 1.29 is 42.7 Å². The fraction of sp³-hybridized carbons (Fsp3) is 0.660. The fourth-order valence-corrected chi connectivity index (χ4v) is 6.33. The van der Waals surface area contributed by atoms with Gasteiger partial charge in [0.1, 0.15) is 6.61 Å². The lowest BCUT2D eigenvalue weighted by molar-refractivity contribution is -0.161. The normalized spacial score (nSPS) is 14.6. The standard InChI is InChI=1S/C47H80NO9P/c1-3-5-7-8-9-10-11-12-13-14-15-18-22-25-28-31-35-39-47(51)57-45(43-56-58(52,53)55-41-40-48)42-54-46(50)38-34-30-27-24-21-19-16-17-20-23-26-29-33-37-44(49)36-32-6-4-2/h6,12-13,17,19-21,26-27,29-30,32-33,37,44-45,49H,3-5,7-11,14-16,18,22-25,28,31,34-36,38-43,48H2,1-2H3,(H,52,53)/b13-12-,20-17-,21-19-,29-26+,30-27-,32-6-,37-33+/t44?,45-/m1/s1. The van der Waals surface area contributed by atoms with Crippen molar-refractivity contribution in [2.24, 2.45) is 5.73 Å². The van der Waals surface area contributed by atoms with Gasteiger partial charge < -0.3 is 25.2 Å². The third-order valence-electron chi connectivity index (χ3n) is 8.86. The van der Waals surface area contributed by atoms with E-state index in [1.54, 1.807) is 6.08 Å². The Morgan fingerprint density at radius 1 is 0.621 bits per heavy atom. The van der Waals surface area contributed by atoms with Crippen LogP contribution in [0, 0.1) is 0 Å². The van der Waals surface area contributed by atoms with E-state index in [9.17, 15) is 24.2 Å². The molecule has 0 radical (unpaired) electrons. The predicted octanol–water partition coefficient (Wildman–Crippen LogP) is 11.8. The van der Waals surface area contributed by atoms with Crippen molar-refractivity contribution in [2.45, 2.75) is 174 Å². The number of allylic oxidation sites excluding steroid dienone is 12. The number of unbranched alkanes of at least 4 members (excludes halogenated alkanes) is 13. The minimum Gasteiger partial charge on any atom is -0.462 e. The second-order valence-corrected chi connectivity index (χ2v) is 15.8. The van der Waals surface area contributed by atoms with Gasteiger partial charge in [-0.05, 0) is 70.6 Å². The third-order valence-corrected chi connectivity index (χ3v) is 9.84. The molecule has 0 spiro atoms. The predicted molar refractivity (Wildman–Crippen MR) is 239 cm³/mol. The van der Waals surface area contributed by atoms with Gasteiger partial charge in [0.15, 0.2) is 6.10 Å². The van der Waals surface area contributed by atoms with E-state index in [4.69, 9.17) is 24.3 Å². The zero-order valence-electron chi connectivity index (χ0n) is 36.1. The van der Waals surface area contributed by atoms with Crippen molar-refractivity contribution in [3.05, 3.63) is 85.1 Å². The molecule has 10 nitrogen and oxygen atoms in total. The molecule has 0 aliphatic heterocycles. The number of carbonyl (C=O) groups excluding carboxylic acids is 2. The SMILES string of the molecule is CC/C=C\CC(O)/C=C/C=C/C/C=C\C/C=C\C/C=C\CCC(=O)OC[C@H](COP(=O)(O)OCCN)OC(=O)CCCCCCCCC/C=C\CCCCCCCC. The third kappa shape index (κ3) is 41.3. The first-order valence-electron chi connectivity index (χ1n) is 22.2. The van der Waals surface area contributed by atoms with Crippen LogP contribution in [0.25, 0.3) is 0 Å². The van der Waals surface area contributed by atoms with Gasteiger partial charge in [-0.3, -0.25) is 18.6 Å². The van der Waals surface area contributed by atoms with Crippen LogP contribution in [0.15, 0.2) is 85.1 Å². The number of carbonyl (C=O) groups is 2. The quantitative estimate of drug-likeness (QED) is 0.0179. The maximum Gasteiger partial charge on any atom is 0.472 e. The lowest BCUT2D eigenvalue weighted by Crippen LogP contribution is -2.29. The Hall–Kier alpha value is -2.85. The van der Waals surface area contributed by atoms with Gasteiger partial charge in [0.25, 0.3) is 0 Å². The highest BCUT2D eigenvalue weighted by molar-refractivity contribution is 7.47. The Labute approximate surface area is 352 Å². The second-order valence-electron chi connectivity index (χ2n) is 14.4. The van der Waals surface area contributed by atoms with Crippen LogP contribution < -0.4 is 5.73 Å². The van der Waals surface area contributed by atoms with Gasteiger partial charge in [0, 0.05) is 19.4 Å². The Balaban J connectivity index is 4.32. The van der Waals surface area contributed by atoms with Crippen LogP contribution in [0.2, 0.25) is 0 Å². The van der Waals surface area contributed by atoms with Crippen LogP contribution in [0.5, 0.6) is 0 Å². The number of nitrogens with two attached hydrogens (primary N) is 1. The zero-order chi connectivity index (χ0) is 42.6. The molecular formula is C47H80NO9P. The molecule has 0 amide bonds.